The van der Waals surface area contributed by atoms with Gasteiger partial charge in [-0.3, -0.25) is 10.1 Å². The number of hydrogen-bond donors (Lipinski definition) is 1. The van der Waals surface area contributed by atoms with Gasteiger partial charge in [0, 0.05) is 28.9 Å². The minimum atomic E-state index is -1.26. The number of carbonyl (C=O) groups is 1. The summed E-state index contributed by atoms with van der Waals surface area (Å²) in [5, 5.41) is 18.7. The Bertz CT molecular complexity index is 959. The first kappa shape index (κ1) is 17.9. The highest BCUT2D eigenvalue weighted by Gasteiger charge is 2.13. The number of H-pyrrole nitrogens is 1. The number of rotatable bonds is 6. The maximum atomic E-state index is 11.6. The maximum Gasteiger partial charge on any atom is 0.213 e. The molecule has 0 aliphatic rings. The number of carboxylic acid groups (broad SMARTS) is 1. The highest BCUT2D eigenvalue weighted by Crippen LogP contribution is 2.28. The van der Waals surface area contributed by atoms with Crippen LogP contribution in [0.15, 0.2) is 40.7 Å². The van der Waals surface area contributed by atoms with E-state index >= 15 is 0 Å². The van der Waals surface area contributed by atoms with Crippen molar-refractivity contribution >= 4 is 23.8 Å². The van der Waals surface area contributed by atoms with E-state index in [-0.39, 0.29) is 4.91 Å². The highest BCUT2D eigenvalue weighted by atomic mass is 32.2. The number of aliphatic carboxylic acids is 1. The number of hydrogen-bond acceptors (Lipinski definition) is 6. The SMILES string of the molecule is CCc1nc(S/C(=C\c2cc(C)n(-c3cccnc3)c2C)C(=O)[O-])n[nH]1. The van der Waals surface area contributed by atoms with Gasteiger partial charge >= 0.3 is 0 Å². The van der Waals surface area contributed by atoms with Crippen LogP contribution < -0.4 is 5.11 Å². The Kier molecular flexibility index (Phi) is 5.22. The van der Waals surface area contributed by atoms with Gasteiger partial charge in [-0.2, -0.15) is 0 Å². The van der Waals surface area contributed by atoms with E-state index in [0.29, 0.717) is 17.4 Å². The molecule has 3 aromatic heterocycles. The van der Waals surface area contributed by atoms with Crippen molar-refractivity contribution in [3.63, 3.8) is 0 Å². The topological polar surface area (TPSA) is 99.5 Å². The van der Waals surface area contributed by atoms with Crippen molar-refractivity contribution in [1.82, 2.24) is 24.7 Å². The van der Waals surface area contributed by atoms with Gasteiger partial charge in [-0.25, -0.2) is 4.98 Å². The summed E-state index contributed by atoms with van der Waals surface area (Å²) in [7, 11) is 0. The fourth-order valence-corrected chi connectivity index (χ4v) is 3.38. The van der Waals surface area contributed by atoms with E-state index < -0.39 is 5.97 Å². The molecule has 0 fully saturated rings. The minimum Gasteiger partial charge on any atom is -0.544 e. The lowest BCUT2D eigenvalue weighted by Gasteiger charge is -2.09. The lowest BCUT2D eigenvalue weighted by atomic mass is 10.2. The fourth-order valence-electron chi connectivity index (χ4n) is 2.67. The second kappa shape index (κ2) is 7.57. The zero-order valence-electron chi connectivity index (χ0n) is 14.7. The molecule has 3 rings (SSSR count). The molecule has 0 saturated carbocycles. The zero-order valence-corrected chi connectivity index (χ0v) is 15.5. The van der Waals surface area contributed by atoms with Crippen LogP contribution in [-0.4, -0.2) is 30.7 Å². The lowest BCUT2D eigenvalue weighted by Crippen LogP contribution is -2.23. The van der Waals surface area contributed by atoms with E-state index in [9.17, 15) is 9.90 Å². The Balaban J connectivity index is 1.97. The molecule has 0 atom stereocenters. The van der Waals surface area contributed by atoms with Gasteiger partial charge in [0.15, 0.2) is 0 Å². The Morgan fingerprint density at radius 2 is 2.23 bits per heavy atom. The molecular weight excluding hydrogens is 350 g/mol. The van der Waals surface area contributed by atoms with E-state index in [1.165, 1.54) is 0 Å². The van der Waals surface area contributed by atoms with Crippen molar-refractivity contribution < 1.29 is 9.90 Å². The van der Waals surface area contributed by atoms with Crippen LogP contribution in [0, 0.1) is 13.8 Å². The van der Waals surface area contributed by atoms with Crippen molar-refractivity contribution in [2.75, 3.05) is 0 Å². The Hall–Kier alpha value is -2.87. The minimum absolute atomic E-state index is 0.0538. The Morgan fingerprint density at radius 3 is 2.85 bits per heavy atom. The molecule has 0 unspecified atom stereocenters. The molecule has 0 spiro atoms. The third kappa shape index (κ3) is 3.70. The number of aromatic amines is 1. The summed E-state index contributed by atoms with van der Waals surface area (Å²) in [5.74, 6) is -0.552. The fraction of sp³-hybridized carbons (Fsp3) is 0.222. The maximum absolute atomic E-state index is 11.6. The second-order valence-corrected chi connectivity index (χ2v) is 6.70. The highest BCUT2D eigenvalue weighted by molar-refractivity contribution is 8.04. The smallest absolute Gasteiger partial charge is 0.213 e. The lowest BCUT2D eigenvalue weighted by molar-refractivity contribution is -0.297. The second-order valence-electron chi connectivity index (χ2n) is 5.69. The summed E-state index contributed by atoms with van der Waals surface area (Å²) in [4.78, 5) is 20.0. The number of pyridine rings is 1. The van der Waals surface area contributed by atoms with Crippen LogP contribution in [0.1, 0.15) is 29.7 Å². The molecule has 0 radical (unpaired) electrons. The van der Waals surface area contributed by atoms with Crippen LogP contribution in [0.3, 0.4) is 0 Å². The van der Waals surface area contributed by atoms with Crippen LogP contribution >= 0.6 is 11.8 Å². The molecular formula is C18H18N5O2S-. The predicted molar refractivity (Wildman–Crippen MR) is 97.6 cm³/mol. The molecule has 7 nitrogen and oxygen atoms in total. The first-order chi connectivity index (χ1) is 12.5. The van der Waals surface area contributed by atoms with Gasteiger partial charge in [0.05, 0.1) is 17.9 Å². The zero-order chi connectivity index (χ0) is 18.7. The van der Waals surface area contributed by atoms with Crippen molar-refractivity contribution in [3.8, 4) is 5.69 Å². The van der Waals surface area contributed by atoms with E-state index in [1.54, 1.807) is 18.5 Å². The van der Waals surface area contributed by atoms with E-state index in [1.807, 2.05) is 43.5 Å². The predicted octanol–water partition coefficient (Wildman–Crippen LogP) is 2.05. The van der Waals surface area contributed by atoms with Gasteiger partial charge < -0.3 is 14.5 Å². The molecule has 0 bridgehead atoms. The first-order valence-electron chi connectivity index (χ1n) is 8.11. The van der Waals surface area contributed by atoms with Gasteiger partial charge in [-0.1, -0.05) is 6.92 Å². The molecule has 0 aliphatic heterocycles. The molecule has 1 N–H and O–H groups in total. The van der Waals surface area contributed by atoms with Crippen LogP contribution in [0.25, 0.3) is 11.8 Å². The van der Waals surface area contributed by atoms with Gasteiger partial charge in [0.2, 0.25) is 5.16 Å². The molecule has 8 heteroatoms. The number of nitrogens with zero attached hydrogens (tertiary/aromatic N) is 4. The van der Waals surface area contributed by atoms with Crippen molar-refractivity contribution in [2.24, 2.45) is 0 Å². The van der Waals surface area contributed by atoms with E-state index in [4.69, 9.17) is 0 Å². The van der Waals surface area contributed by atoms with Crippen LogP contribution in [-0.2, 0) is 11.2 Å². The third-order valence-corrected chi connectivity index (χ3v) is 4.78. The van der Waals surface area contributed by atoms with Crippen molar-refractivity contribution in [2.45, 2.75) is 32.3 Å². The largest absolute Gasteiger partial charge is 0.544 e. The number of carboxylic acids is 1. The molecule has 0 aliphatic carbocycles. The monoisotopic (exact) mass is 368 g/mol. The van der Waals surface area contributed by atoms with Gasteiger partial charge in [-0.15, -0.1) is 5.10 Å². The normalized spacial score (nSPS) is 11.7. The molecule has 134 valence electrons. The number of nitrogens with one attached hydrogen (secondary N) is 1. The summed E-state index contributed by atoms with van der Waals surface area (Å²) in [6, 6.07) is 5.75. The summed E-state index contributed by atoms with van der Waals surface area (Å²) < 4.78 is 2.03. The van der Waals surface area contributed by atoms with Crippen molar-refractivity contribution in [1.29, 1.82) is 0 Å². The van der Waals surface area contributed by atoms with Gasteiger partial charge in [0.1, 0.15) is 5.82 Å². The average molecular weight is 368 g/mol. The van der Waals surface area contributed by atoms with Gasteiger partial charge in [-0.05, 0) is 55.4 Å². The number of carbonyl (C=O) groups excluding carboxylic acids is 1. The molecule has 3 aromatic rings. The molecule has 0 saturated heterocycles. The van der Waals surface area contributed by atoms with Crippen LogP contribution in [0.4, 0.5) is 0 Å². The summed E-state index contributed by atoms with van der Waals surface area (Å²) in [5.41, 5.74) is 3.62. The molecule has 0 amide bonds. The van der Waals surface area contributed by atoms with E-state index in [2.05, 4.69) is 20.2 Å². The average Bonchev–Trinajstić information content (AvgIpc) is 3.19. The summed E-state index contributed by atoms with van der Waals surface area (Å²) in [6.07, 6.45) is 5.77. The van der Waals surface area contributed by atoms with Crippen LogP contribution in [0.2, 0.25) is 0 Å². The summed E-state index contributed by atoms with van der Waals surface area (Å²) >= 11 is 0.971. The van der Waals surface area contributed by atoms with Crippen LogP contribution in [0.5, 0.6) is 0 Å². The Labute approximate surface area is 155 Å². The number of thioether (sulfide) groups is 1. The van der Waals surface area contributed by atoms with Gasteiger partial charge in [0.25, 0.3) is 0 Å². The summed E-state index contributed by atoms with van der Waals surface area (Å²) in [6.45, 7) is 5.84. The Morgan fingerprint density at radius 1 is 1.42 bits per heavy atom. The van der Waals surface area contributed by atoms with Crippen molar-refractivity contribution in [3.05, 3.63) is 58.3 Å². The molecule has 0 aromatic carbocycles. The standard InChI is InChI=1S/C18H19N5O2S/c1-4-16-20-18(22-21-16)26-15(17(24)25)9-13-8-11(2)23(12(13)3)14-6-5-7-19-10-14/h5-10H,4H2,1-3H3,(H,24,25)(H,20,21,22)/p-1/b15-9-. The third-order valence-electron chi connectivity index (χ3n) is 3.91. The number of aryl methyl sites for hydroxylation is 2. The quantitative estimate of drug-likeness (QED) is 0.528. The first-order valence-corrected chi connectivity index (χ1v) is 8.92. The molecule has 3 heterocycles. The number of aromatic nitrogens is 5. The van der Waals surface area contributed by atoms with E-state index in [0.717, 1.165) is 34.4 Å². The molecule has 26 heavy (non-hydrogen) atoms.